The van der Waals surface area contributed by atoms with Crippen molar-refractivity contribution in [2.24, 2.45) is 11.3 Å². The zero-order valence-corrected chi connectivity index (χ0v) is 26.3. The van der Waals surface area contributed by atoms with E-state index in [0.29, 0.717) is 29.9 Å². The monoisotopic (exact) mass is 658 g/mol. The zero-order valence-electron chi connectivity index (χ0n) is 23.0. The first-order chi connectivity index (χ1) is 19.0. The van der Waals surface area contributed by atoms with Crippen LogP contribution in [0.5, 0.6) is 0 Å². The van der Waals surface area contributed by atoms with Crippen LogP contribution in [0.4, 0.5) is 0 Å². The van der Waals surface area contributed by atoms with Crippen molar-refractivity contribution >= 4 is 52.6 Å². The van der Waals surface area contributed by atoms with Gasteiger partial charge in [-0.15, -0.1) is 24.8 Å². The van der Waals surface area contributed by atoms with E-state index in [9.17, 15) is 9.59 Å². The molecule has 2 aromatic carbocycles. The first kappa shape index (κ1) is 31.5. The quantitative estimate of drug-likeness (QED) is 0.323. The number of benzene rings is 2. The van der Waals surface area contributed by atoms with E-state index in [2.05, 4.69) is 73.2 Å². The van der Waals surface area contributed by atoms with E-state index in [4.69, 9.17) is 0 Å². The zero-order chi connectivity index (χ0) is 26.8. The summed E-state index contributed by atoms with van der Waals surface area (Å²) in [5.41, 5.74) is 2.92. The van der Waals surface area contributed by atoms with Crippen LogP contribution in [0.15, 0.2) is 83.6 Å². The van der Waals surface area contributed by atoms with E-state index < -0.39 is 0 Å². The molecule has 9 heteroatoms. The lowest BCUT2D eigenvalue weighted by Gasteiger charge is -2.39. The first-order valence-electron chi connectivity index (χ1n) is 14.0. The van der Waals surface area contributed by atoms with Crippen LogP contribution in [0, 0.1) is 11.3 Å². The highest BCUT2D eigenvalue weighted by atomic mass is 79.9. The van der Waals surface area contributed by atoms with E-state index in [1.54, 1.807) is 12.4 Å². The maximum Gasteiger partial charge on any atom is 0.255 e. The summed E-state index contributed by atoms with van der Waals surface area (Å²) in [6.07, 6.45) is 6.16. The van der Waals surface area contributed by atoms with Crippen molar-refractivity contribution in [3.8, 4) is 0 Å². The number of halogens is 3. The standard InChI is InChI=1S/C32H35BrN4O2.2ClH/c33-28-10-8-24(9-11-28)20-36-18-14-32(31(36)39)12-16-35(17-13-32)21-27-22-37(30(38)26-7-4-15-34-19-26)23-29(27)25-5-2-1-3-6-25;;/h1-11,15,19,27,29H,12-14,16-18,20-23H2;2*1H/t27-,29+;;/m0../s1. The fourth-order valence-electron chi connectivity index (χ4n) is 6.78. The Labute approximate surface area is 263 Å². The van der Waals surface area contributed by atoms with Gasteiger partial charge in [-0.1, -0.05) is 58.4 Å². The van der Waals surface area contributed by atoms with Gasteiger partial charge in [0.25, 0.3) is 5.91 Å². The molecule has 3 saturated heterocycles. The average molecular weight is 660 g/mol. The number of hydrogen-bond acceptors (Lipinski definition) is 4. The van der Waals surface area contributed by atoms with Gasteiger partial charge >= 0.3 is 0 Å². The van der Waals surface area contributed by atoms with Crippen LogP contribution in [-0.4, -0.2) is 70.8 Å². The molecule has 3 aliphatic rings. The van der Waals surface area contributed by atoms with E-state index in [1.807, 2.05) is 29.2 Å². The maximum atomic E-state index is 13.5. The fraction of sp³-hybridized carbons (Fsp3) is 0.406. The molecule has 3 aromatic rings. The summed E-state index contributed by atoms with van der Waals surface area (Å²) >= 11 is 3.49. The Morgan fingerprint density at radius 2 is 1.61 bits per heavy atom. The number of carbonyl (C=O) groups is 2. The van der Waals surface area contributed by atoms with Gasteiger partial charge in [0.1, 0.15) is 0 Å². The lowest BCUT2D eigenvalue weighted by atomic mass is 9.76. The van der Waals surface area contributed by atoms with E-state index in [1.165, 1.54) is 11.1 Å². The molecule has 1 spiro atoms. The number of nitrogens with zero attached hydrogens (tertiary/aromatic N) is 4. The molecule has 0 aliphatic carbocycles. The van der Waals surface area contributed by atoms with Crippen molar-refractivity contribution in [1.29, 1.82) is 0 Å². The van der Waals surface area contributed by atoms with Crippen LogP contribution in [0.1, 0.15) is 46.7 Å². The highest BCUT2D eigenvalue weighted by Crippen LogP contribution is 2.43. The Kier molecular flexibility index (Phi) is 10.5. The highest BCUT2D eigenvalue weighted by molar-refractivity contribution is 9.10. The van der Waals surface area contributed by atoms with Gasteiger partial charge in [-0.25, -0.2) is 0 Å². The number of hydrogen-bond donors (Lipinski definition) is 0. The second kappa shape index (κ2) is 13.7. The Hall–Kier alpha value is -2.45. The Balaban J connectivity index is 0.00000194. The number of rotatable bonds is 6. The molecule has 41 heavy (non-hydrogen) atoms. The fourth-order valence-corrected chi connectivity index (χ4v) is 7.05. The molecule has 2 atom stereocenters. The van der Waals surface area contributed by atoms with Crippen molar-refractivity contribution in [2.75, 3.05) is 39.3 Å². The van der Waals surface area contributed by atoms with Gasteiger partial charge in [-0.3, -0.25) is 14.6 Å². The van der Waals surface area contributed by atoms with Gasteiger partial charge in [0, 0.05) is 55.5 Å². The smallest absolute Gasteiger partial charge is 0.255 e. The van der Waals surface area contributed by atoms with Crippen molar-refractivity contribution in [1.82, 2.24) is 19.7 Å². The summed E-state index contributed by atoms with van der Waals surface area (Å²) in [7, 11) is 0. The molecule has 0 radical (unpaired) electrons. The molecule has 0 bridgehead atoms. The molecule has 3 fully saturated rings. The van der Waals surface area contributed by atoms with Crippen molar-refractivity contribution in [3.05, 3.63) is 100 Å². The Bertz CT molecular complexity index is 1300. The molecule has 0 unspecified atom stereocenters. The molecular formula is C32H37BrCl2N4O2. The Morgan fingerprint density at radius 3 is 2.29 bits per heavy atom. The van der Waals surface area contributed by atoms with Crippen LogP contribution >= 0.6 is 40.7 Å². The lowest BCUT2D eigenvalue weighted by molar-refractivity contribution is -0.139. The second-order valence-corrected chi connectivity index (χ2v) is 12.3. The van der Waals surface area contributed by atoms with E-state index in [-0.39, 0.29) is 36.1 Å². The SMILES string of the molecule is Cl.Cl.O=C(c1cccnc1)N1C[C@H](CN2CCC3(CC2)CCN(Cc2ccc(Br)cc2)C3=O)[C@@H](c2ccccc2)C1. The minimum Gasteiger partial charge on any atom is -0.338 e. The molecule has 0 saturated carbocycles. The molecule has 2 amide bonds. The summed E-state index contributed by atoms with van der Waals surface area (Å²) in [6.45, 7) is 5.83. The summed E-state index contributed by atoms with van der Waals surface area (Å²) in [5, 5.41) is 0. The topological polar surface area (TPSA) is 56.8 Å². The third-order valence-corrected chi connectivity index (χ3v) is 9.59. The number of piperidine rings is 1. The molecule has 1 aromatic heterocycles. The van der Waals surface area contributed by atoms with Crippen molar-refractivity contribution < 1.29 is 9.59 Å². The van der Waals surface area contributed by atoms with Crippen molar-refractivity contribution in [3.63, 3.8) is 0 Å². The summed E-state index contributed by atoms with van der Waals surface area (Å²) in [6, 6.07) is 22.6. The second-order valence-electron chi connectivity index (χ2n) is 11.4. The van der Waals surface area contributed by atoms with E-state index in [0.717, 1.165) is 63.0 Å². The first-order valence-corrected chi connectivity index (χ1v) is 14.8. The third-order valence-electron chi connectivity index (χ3n) is 9.06. The number of amides is 2. The van der Waals surface area contributed by atoms with Gasteiger partial charge in [-0.2, -0.15) is 0 Å². The molecule has 3 aliphatic heterocycles. The average Bonchev–Trinajstić information content (AvgIpc) is 3.53. The Morgan fingerprint density at radius 1 is 0.902 bits per heavy atom. The summed E-state index contributed by atoms with van der Waals surface area (Å²) in [4.78, 5) is 37.6. The molecule has 6 nitrogen and oxygen atoms in total. The number of aromatic nitrogens is 1. The highest BCUT2D eigenvalue weighted by Gasteiger charge is 2.48. The van der Waals surface area contributed by atoms with Crippen LogP contribution < -0.4 is 0 Å². The largest absolute Gasteiger partial charge is 0.338 e. The predicted molar refractivity (Wildman–Crippen MR) is 170 cm³/mol. The normalized spacial score (nSPS) is 21.9. The number of pyridine rings is 1. The minimum absolute atomic E-state index is 0. The van der Waals surface area contributed by atoms with Gasteiger partial charge in [0.2, 0.25) is 5.91 Å². The molecular weight excluding hydrogens is 623 g/mol. The molecule has 6 rings (SSSR count). The summed E-state index contributed by atoms with van der Waals surface area (Å²) < 4.78 is 1.06. The lowest BCUT2D eigenvalue weighted by Crippen LogP contribution is -2.46. The van der Waals surface area contributed by atoms with E-state index >= 15 is 0 Å². The number of likely N-dealkylation sites (tertiary alicyclic amines) is 3. The number of carbonyl (C=O) groups excluding carboxylic acids is 2. The van der Waals surface area contributed by atoms with Gasteiger partial charge in [0.15, 0.2) is 0 Å². The molecule has 218 valence electrons. The van der Waals surface area contributed by atoms with Crippen LogP contribution in [0.3, 0.4) is 0 Å². The van der Waals surface area contributed by atoms with Crippen LogP contribution in [-0.2, 0) is 11.3 Å². The van der Waals surface area contributed by atoms with Crippen LogP contribution in [0.2, 0.25) is 0 Å². The third kappa shape index (κ3) is 6.80. The molecule has 0 N–H and O–H groups in total. The van der Waals surface area contributed by atoms with Gasteiger partial charge in [0.05, 0.1) is 11.0 Å². The van der Waals surface area contributed by atoms with Gasteiger partial charge < -0.3 is 14.7 Å². The molecule has 4 heterocycles. The van der Waals surface area contributed by atoms with Crippen LogP contribution in [0.25, 0.3) is 0 Å². The minimum atomic E-state index is -0.206. The summed E-state index contributed by atoms with van der Waals surface area (Å²) in [5.74, 6) is 1.06. The van der Waals surface area contributed by atoms with Gasteiger partial charge in [-0.05, 0) is 73.7 Å². The predicted octanol–water partition coefficient (Wildman–Crippen LogP) is 6.06. The van der Waals surface area contributed by atoms with Crippen molar-refractivity contribution in [2.45, 2.75) is 31.7 Å². The maximum absolute atomic E-state index is 13.5.